The summed E-state index contributed by atoms with van der Waals surface area (Å²) in [7, 11) is 0. The predicted octanol–water partition coefficient (Wildman–Crippen LogP) is 8.80. The van der Waals surface area contributed by atoms with E-state index in [0.29, 0.717) is 26.1 Å². The van der Waals surface area contributed by atoms with Crippen molar-refractivity contribution in [1.29, 1.82) is 0 Å². The number of rotatable bonds is 14. The molecule has 38 heavy (non-hydrogen) atoms. The molecule has 3 aromatic rings. The van der Waals surface area contributed by atoms with Crippen molar-refractivity contribution in [3.05, 3.63) is 59.7 Å². The molecule has 0 N–H and O–H groups in total. The molecule has 0 unspecified atom stereocenters. The van der Waals surface area contributed by atoms with Crippen LogP contribution in [0.5, 0.6) is 0 Å². The first-order valence-corrected chi connectivity index (χ1v) is 14.4. The highest BCUT2D eigenvalue weighted by Gasteiger charge is 2.23. The van der Waals surface area contributed by atoms with E-state index in [2.05, 4.69) is 76.2 Å². The molecular formula is C34H46O4. The Morgan fingerprint density at radius 2 is 1.00 bits per heavy atom. The average Bonchev–Trinajstić information content (AvgIpc) is 2.88. The number of carbonyl (C=O) groups is 2. The fraction of sp³-hybridized carbons (Fsp3) is 0.529. The Labute approximate surface area is 229 Å². The zero-order valence-electron chi connectivity index (χ0n) is 24.3. The smallest absolute Gasteiger partial charge is 0.305 e. The molecule has 0 amide bonds. The number of benzene rings is 3. The Morgan fingerprint density at radius 3 is 1.39 bits per heavy atom. The van der Waals surface area contributed by atoms with Gasteiger partial charge >= 0.3 is 11.9 Å². The standard InChI is InChI=1S/C34H46O4/c1-7-19-37-31(35)11-9-17-33(3,4)29-15-13-25-21-26-14-16-30(24-28(26)22-27(25)23-29)34(5,6)18-10-12-32(36)38-20-8-2/h13-16,21-24H,7-12,17-20H2,1-6H3. The lowest BCUT2D eigenvalue weighted by molar-refractivity contribution is -0.144. The van der Waals surface area contributed by atoms with Gasteiger partial charge in [0.05, 0.1) is 13.2 Å². The number of carbonyl (C=O) groups excluding carboxylic acids is 2. The molecule has 0 spiro atoms. The van der Waals surface area contributed by atoms with Crippen molar-refractivity contribution in [2.24, 2.45) is 0 Å². The van der Waals surface area contributed by atoms with Crippen LogP contribution in [-0.2, 0) is 29.9 Å². The summed E-state index contributed by atoms with van der Waals surface area (Å²) in [5, 5.41) is 4.94. The monoisotopic (exact) mass is 518 g/mol. The fourth-order valence-corrected chi connectivity index (χ4v) is 5.05. The quantitative estimate of drug-likeness (QED) is 0.158. The SMILES string of the molecule is CCCOC(=O)CCCC(C)(C)c1ccc2cc3ccc(C(C)(C)CCCC(=O)OCCC)cc3cc2c1. The van der Waals surface area contributed by atoms with Gasteiger partial charge < -0.3 is 9.47 Å². The molecule has 0 aromatic heterocycles. The highest BCUT2D eigenvalue weighted by molar-refractivity contribution is 5.98. The maximum Gasteiger partial charge on any atom is 0.305 e. The molecule has 3 rings (SSSR count). The van der Waals surface area contributed by atoms with Crippen LogP contribution in [0.15, 0.2) is 48.5 Å². The first kappa shape index (κ1) is 29.7. The summed E-state index contributed by atoms with van der Waals surface area (Å²) < 4.78 is 10.5. The van der Waals surface area contributed by atoms with Crippen molar-refractivity contribution in [3.63, 3.8) is 0 Å². The number of fused-ring (bicyclic) bond motifs is 2. The van der Waals surface area contributed by atoms with Crippen LogP contribution in [0.25, 0.3) is 21.5 Å². The molecule has 0 heterocycles. The molecule has 0 aliphatic rings. The van der Waals surface area contributed by atoms with Crippen molar-refractivity contribution >= 4 is 33.5 Å². The minimum absolute atomic E-state index is 0.0314. The Kier molecular flexibility index (Phi) is 10.4. The molecule has 0 fully saturated rings. The fourth-order valence-electron chi connectivity index (χ4n) is 5.05. The van der Waals surface area contributed by atoms with Crippen LogP contribution in [0.1, 0.15) is 104 Å². The third-order valence-corrected chi connectivity index (χ3v) is 7.66. The molecular weight excluding hydrogens is 472 g/mol. The van der Waals surface area contributed by atoms with Gasteiger partial charge in [0.15, 0.2) is 0 Å². The van der Waals surface area contributed by atoms with Crippen LogP contribution in [0.4, 0.5) is 0 Å². The lowest BCUT2D eigenvalue weighted by atomic mass is 9.78. The maximum absolute atomic E-state index is 11.9. The van der Waals surface area contributed by atoms with E-state index in [0.717, 1.165) is 38.5 Å². The van der Waals surface area contributed by atoms with Crippen molar-refractivity contribution in [2.45, 2.75) is 104 Å². The Hall–Kier alpha value is -2.88. The zero-order valence-corrected chi connectivity index (χ0v) is 24.3. The minimum atomic E-state index is -0.0946. The van der Waals surface area contributed by atoms with Gasteiger partial charge in [-0.2, -0.15) is 0 Å². The molecule has 3 aromatic carbocycles. The summed E-state index contributed by atoms with van der Waals surface area (Å²) in [5.41, 5.74) is 2.52. The number of hydrogen-bond acceptors (Lipinski definition) is 4. The molecule has 4 heteroatoms. The summed E-state index contributed by atoms with van der Waals surface area (Å²) in [6.07, 6.45) is 6.16. The van der Waals surface area contributed by atoms with Gasteiger partial charge in [-0.05, 0) is 94.2 Å². The van der Waals surface area contributed by atoms with Crippen LogP contribution < -0.4 is 0 Å². The Bertz CT molecular complexity index is 1140. The van der Waals surface area contributed by atoms with E-state index in [-0.39, 0.29) is 22.8 Å². The number of hydrogen-bond donors (Lipinski definition) is 0. The topological polar surface area (TPSA) is 52.6 Å². The van der Waals surface area contributed by atoms with Crippen LogP contribution in [0, 0.1) is 0 Å². The predicted molar refractivity (Wildman–Crippen MR) is 158 cm³/mol. The molecule has 0 radical (unpaired) electrons. The molecule has 0 saturated carbocycles. The second-order valence-corrected chi connectivity index (χ2v) is 11.9. The molecule has 0 bridgehead atoms. The van der Waals surface area contributed by atoms with E-state index >= 15 is 0 Å². The molecule has 0 saturated heterocycles. The maximum atomic E-state index is 11.9. The average molecular weight is 519 g/mol. The van der Waals surface area contributed by atoms with Crippen molar-refractivity contribution in [1.82, 2.24) is 0 Å². The molecule has 0 aliphatic carbocycles. The number of ether oxygens (including phenoxy) is 2. The van der Waals surface area contributed by atoms with Crippen LogP contribution in [0.2, 0.25) is 0 Å². The van der Waals surface area contributed by atoms with E-state index in [9.17, 15) is 9.59 Å². The van der Waals surface area contributed by atoms with Gasteiger partial charge in [-0.1, -0.05) is 77.9 Å². The number of esters is 2. The lowest BCUT2D eigenvalue weighted by Crippen LogP contribution is -2.18. The zero-order chi connectivity index (χ0) is 27.8. The third-order valence-electron chi connectivity index (χ3n) is 7.66. The summed E-state index contributed by atoms with van der Waals surface area (Å²) in [6, 6.07) is 18.1. The molecule has 4 nitrogen and oxygen atoms in total. The Morgan fingerprint density at radius 1 is 0.605 bits per heavy atom. The second-order valence-electron chi connectivity index (χ2n) is 11.9. The van der Waals surface area contributed by atoms with Gasteiger partial charge in [0.1, 0.15) is 0 Å². The summed E-state index contributed by atoms with van der Waals surface area (Å²) in [6.45, 7) is 14.1. The van der Waals surface area contributed by atoms with Gasteiger partial charge in [-0.3, -0.25) is 9.59 Å². The largest absolute Gasteiger partial charge is 0.466 e. The normalized spacial score (nSPS) is 12.2. The van der Waals surface area contributed by atoms with E-state index < -0.39 is 0 Å². The van der Waals surface area contributed by atoms with Gasteiger partial charge in [-0.15, -0.1) is 0 Å². The van der Waals surface area contributed by atoms with Crippen LogP contribution in [0.3, 0.4) is 0 Å². The highest BCUT2D eigenvalue weighted by atomic mass is 16.5. The lowest BCUT2D eigenvalue weighted by Gasteiger charge is -2.26. The van der Waals surface area contributed by atoms with Gasteiger partial charge in [0.2, 0.25) is 0 Å². The van der Waals surface area contributed by atoms with Crippen LogP contribution >= 0.6 is 0 Å². The summed E-state index contributed by atoms with van der Waals surface area (Å²) in [4.78, 5) is 23.8. The Balaban J connectivity index is 1.74. The van der Waals surface area contributed by atoms with Gasteiger partial charge in [-0.25, -0.2) is 0 Å². The third kappa shape index (κ3) is 8.06. The van der Waals surface area contributed by atoms with Crippen molar-refractivity contribution < 1.29 is 19.1 Å². The van der Waals surface area contributed by atoms with E-state index in [1.807, 2.05) is 13.8 Å². The van der Waals surface area contributed by atoms with Gasteiger partial charge in [0.25, 0.3) is 0 Å². The molecule has 0 aliphatic heterocycles. The van der Waals surface area contributed by atoms with Crippen LogP contribution in [-0.4, -0.2) is 25.2 Å². The van der Waals surface area contributed by atoms with Crippen molar-refractivity contribution in [3.8, 4) is 0 Å². The minimum Gasteiger partial charge on any atom is -0.466 e. The van der Waals surface area contributed by atoms with E-state index in [1.165, 1.54) is 32.7 Å². The summed E-state index contributed by atoms with van der Waals surface area (Å²) in [5.74, 6) is -0.189. The van der Waals surface area contributed by atoms with E-state index in [4.69, 9.17) is 9.47 Å². The van der Waals surface area contributed by atoms with Crippen molar-refractivity contribution in [2.75, 3.05) is 13.2 Å². The van der Waals surface area contributed by atoms with Gasteiger partial charge in [0, 0.05) is 12.8 Å². The molecule has 0 atom stereocenters. The first-order valence-electron chi connectivity index (χ1n) is 14.4. The summed E-state index contributed by atoms with van der Waals surface area (Å²) >= 11 is 0. The highest BCUT2D eigenvalue weighted by Crippen LogP contribution is 2.35. The van der Waals surface area contributed by atoms with E-state index in [1.54, 1.807) is 0 Å². The second kappa shape index (κ2) is 13.3. The first-order chi connectivity index (χ1) is 18.1. The molecule has 206 valence electrons.